The Morgan fingerprint density at radius 2 is 2.04 bits per heavy atom. The molecule has 1 fully saturated rings. The molecule has 0 bridgehead atoms. The zero-order valence-electron chi connectivity index (χ0n) is 14.0. The summed E-state index contributed by atoms with van der Waals surface area (Å²) >= 11 is 0. The Hall–Kier alpha value is -2.77. The number of oxime groups is 1. The number of nitrogens with zero attached hydrogens (tertiary/aromatic N) is 2. The van der Waals surface area contributed by atoms with Gasteiger partial charge < -0.3 is 9.57 Å². The first kappa shape index (κ1) is 15.7. The molecule has 0 aromatic heterocycles. The third kappa shape index (κ3) is 3.38. The SMILES string of the molecule is C#CCOc1cccc(CN2C[C@H]3ON=C(c4ccccc4)[C@@H]3C2)c1. The van der Waals surface area contributed by atoms with Crippen molar-refractivity contribution in [2.24, 2.45) is 11.1 Å². The minimum Gasteiger partial charge on any atom is -0.481 e. The average molecular weight is 332 g/mol. The monoisotopic (exact) mass is 332 g/mol. The van der Waals surface area contributed by atoms with Gasteiger partial charge in [-0.15, -0.1) is 6.42 Å². The topological polar surface area (TPSA) is 34.1 Å². The lowest BCUT2D eigenvalue weighted by Gasteiger charge is -2.17. The van der Waals surface area contributed by atoms with Crippen molar-refractivity contribution in [3.05, 3.63) is 65.7 Å². The molecule has 25 heavy (non-hydrogen) atoms. The molecule has 2 aliphatic heterocycles. The molecule has 0 radical (unpaired) electrons. The van der Waals surface area contributed by atoms with Crippen LogP contribution in [0.5, 0.6) is 5.75 Å². The summed E-state index contributed by atoms with van der Waals surface area (Å²) in [7, 11) is 0. The van der Waals surface area contributed by atoms with Crippen LogP contribution in [0.3, 0.4) is 0 Å². The van der Waals surface area contributed by atoms with Crippen LogP contribution in [0.25, 0.3) is 0 Å². The van der Waals surface area contributed by atoms with Gasteiger partial charge in [-0.25, -0.2) is 0 Å². The maximum Gasteiger partial charge on any atom is 0.149 e. The Morgan fingerprint density at radius 1 is 1.16 bits per heavy atom. The van der Waals surface area contributed by atoms with Crippen molar-refractivity contribution in [3.63, 3.8) is 0 Å². The summed E-state index contributed by atoms with van der Waals surface area (Å²) < 4.78 is 5.51. The van der Waals surface area contributed by atoms with E-state index in [1.165, 1.54) is 5.56 Å². The van der Waals surface area contributed by atoms with Crippen molar-refractivity contribution in [2.75, 3.05) is 19.7 Å². The van der Waals surface area contributed by atoms with Crippen LogP contribution in [0.1, 0.15) is 11.1 Å². The smallest absolute Gasteiger partial charge is 0.149 e. The summed E-state index contributed by atoms with van der Waals surface area (Å²) in [6.45, 7) is 3.00. The first-order valence-electron chi connectivity index (χ1n) is 8.50. The van der Waals surface area contributed by atoms with Crippen LogP contribution in [0, 0.1) is 18.3 Å². The van der Waals surface area contributed by atoms with Gasteiger partial charge in [-0.05, 0) is 23.3 Å². The second-order valence-electron chi connectivity index (χ2n) is 6.43. The number of rotatable bonds is 5. The van der Waals surface area contributed by atoms with Crippen molar-refractivity contribution >= 4 is 5.71 Å². The van der Waals surface area contributed by atoms with Crippen LogP contribution in [-0.2, 0) is 11.4 Å². The van der Waals surface area contributed by atoms with Gasteiger partial charge in [0.1, 0.15) is 18.5 Å². The summed E-state index contributed by atoms with van der Waals surface area (Å²) in [5.41, 5.74) is 3.44. The van der Waals surface area contributed by atoms with E-state index in [1.54, 1.807) is 0 Å². The molecule has 126 valence electrons. The zero-order valence-corrected chi connectivity index (χ0v) is 14.0. The van der Waals surface area contributed by atoms with Gasteiger partial charge in [0.15, 0.2) is 0 Å². The largest absolute Gasteiger partial charge is 0.481 e. The van der Waals surface area contributed by atoms with Gasteiger partial charge in [-0.1, -0.05) is 53.5 Å². The number of benzene rings is 2. The molecule has 0 spiro atoms. The molecule has 0 unspecified atom stereocenters. The predicted octanol–water partition coefficient (Wildman–Crippen LogP) is 2.93. The Morgan fingerprint density at radius 3 is 2.88 bits per heavy atom. The molecule has 4 rings (SSSR count). The second-order valence-corrected chi connectivity index (χ2v) is 6.43. The number of terminal acetylenes is 1. The fourth-order valence-electron chi connectivity index (χ4n) is 3.54. The molecular weight excluding hydrogens is 312 g/mol. The van der Waals surface area contributed by atoms with Crippen molar-refractivity contribution in [2.45, 2.75) is 12.6 Å². The van der Waals surface area contributed by atoms with Crippen molar-refractivity contribution in [1.29, 1.82) is 0 Å². The summed E-state index contributed by atoms with van der Waals surface area (Å²) in [4.78, 5) is 8.10. The van der Waals surface area contributed by atoms with E-state index in [0.29, 0.717) is 12.5 Å². The van der Waals surface area contributed by atoms with Gasteiger partial charge in [0.05, 0.1) is 11.6 Å². The highest BCUT2D eigenvalue weighted by molar-refractivity contribution is 6.03. The maximum absolute atomic E-state index is 5.69. The van der Waals surface area contributed by atoms with Gasteiger partial charge in [-0.3, -0.25) is 4.90 Å². The molecule has 0 aliphatic carbocycles. The Kier molecular flexibility index (Phi) is 4.41. The van der Waals surface area contributed by atoms with Crippen LogP contribution in [0.2, 0.25) is 0 Å². The van der Waals surface area contributed by atoms with Gasteiger partial charge in [0, 0.05) is 19.6 Å². The van der Waals surface area contributed by atoms with E-state index in [9.17, 15) is 0 Å². The van der Waals surface area contributed by atoms with Crippen LogP contribution < -0.4 is 4.74 Å². The van der Waals surface area contributed by atoms with Crippen molar-refractivity contribution < 1.29 is 9.57 Å². The van der Waals surface area contributed by atoms with Gasteiger partial charge in [0.2, 0.25) is 0 Å². The number of hydrogen-bond donors (Lipinski definition) is 0. The van der Waals surface area contributed by atoms with E-state index >= 15 is 0 Å². The van der Waals surface area contributed by atoms with Gasteiger partial charge in [-0.2, -0.15) is 0 Å². The first-order valence-corrected chi connectivity index (χ1v) is 8.50. The van der Waals surface area contributed by atoms with Crippen molar-refractivity contribution in [3.8, 4) is 18.1 Å². The van der Waals surface area contributed by atoms with E-state index in [0.717, 1.165) is 36.7 Å². The highest BCUT2D eigenvalue weighted by Gasteiger charge is 2.42. The molecule has 1 saturated heterocycles. The van der Waals surface area contributed by atoms with Crippen LogP contribution in [-0.4, -0.2) is 36.4 Å². The zero-order chi connectivity index (χ0) is 17.1. The molecular formula is C21H20N2O2. The van der Waals surface area contributed by atoms with E-state index < -0.39 is 0 Å². The third-order valence-electron chi connectivity index (χ3n) is 4.68. The molecule has 4 nitrogen and oxygen atoms in total. The van der Waals surface area contributed by atoms with Crippen LogP contribution >= 0.6 is 0 Å². The van der Waals surface area contributed by atoms with Gasteiger partial charge >= 0.3 is 0 Å². The lowest BCUT2D eigenvalue weighted by molar-refractivity contribution is 0.0745. The maximum atomic E-state index is 5.69. The number of hydrogen-bond acceptors (Lipinski definition) is 4. The molecule has 2 heterocycles. The molecule has 2 aromatic carbocycles. The van der Waals surface area contributed by atoms with Crippen LogP contribution in [0.4, 0.5) is 0 Å². The lowest BCUT2D eigenvalue weighted by atomic mass is 9.95. The summed E-state index contributed by atoms with van der Waals surface area (Å²) in [6.07, 6.45) is 5.40. The molecule has 2 aromatic rings. The fourth-order valence-corrected chi connectivity index (χ4v) is 3.54. The minimum atomic E-state index is 0.149. The molecule has 0 saturated carbocycles. The van der Waals surface area contributed by atoms with E-state index in [1.807, 2.05) is 30.3 Å². The Bertz CT molecular complexity index is 810. The Labute approximate surface area is 148 Å². The normalized spacial score (nSPS) is 22.0. The molecule has 2 aliphatic rings. The fraction of sp³-hybridized carbons (Fsp3) is 0.286. The van der Waals surface area contributed by atoms with E-state index in [4.69, 9.17) is 16.0 Å². The highest BCUT2D eigenvalue weighted by Crippen LogP contribution is 2.31. The molecule has 4 heteroatoms. The van der Waals surface area contributed by atoms with Gasteiger partial charge in [0.25, 0.3) is 0 Å². The second kappa shape index (κ2) is 7.00. The quantitative estimate of drug-likeness (QED) is 0.790. The average Bonchev–Trinajstić information content (AvgIpc) is 3.21. The molecule has 2 atom stereocenters. The standard InChI is InChI=1S/C21H20N2O2/c1-2-11-24-18-10-6-7-16(12-18)13-23-14-19-20(15-23)25-22-21(19)17-8-4-3-5-9-17/h1,3-10,12,19-20H,11,13-15H2/t19-,20-/m1/s1. The highest BCUT2D eigenvalue weighted by atomic mass is 16.6. The van der Waals surface area contributed by atoms with E-state index in [-0.39, 0.29) is 6.10 Å². The first-order chi connectivity index (χ1) is 12.3. The Balaban J connectivity index is 1.42. The molecule has 0 N–H and O–H groups in total. The van der Waals surface area contributed by atoms with Crippen molar-refractivity contribution in [1.82, 2.24) is 4.90 Å². The number of fused-ring (bicyclic) bond motifs is 1. The predicted molar refractivity (Wildman–Crippen MR) is 97.4 cm³/mol. The lowest BCUT2D eigenvalue weighted by Crippen LogP contribution is -2.23. The number of likely N-dealkylation sites (tertiary alicyclic amines) is 1. The minimum absolute atomic E-state index is 0.149. The third-order valence-corrected chi connectivity index (χ3v) is 4.68. The summed E-state index contributed by atoms with van der Waals surface area (Å²) in [5.74, 6) is 3.65. The number of ether oxygens (including phenoxy) is 1. The van der Waals surface area contributed by atoms with Crippen LogP contribution in [0.15, 0.2) is 59.8 Å². The molecule has 0 amide bonds. The summed E-state index contributed by atoms with van der Waals surface area (Å²) in [6, 6.07) is 18.4. The summed E-state index contributed by atoms with van der Waals surface area (Å²) in [5, 5.41) is 4.33. The van der Waals surface area contributed by atoms with E-state index in [2.05, 4.69) is 40.2 Å².